The van der Waals surface area contributed by atoms with Gasteiger partial charge in [0.25, 0.3) is 0 Å². The van der Waals surface area contributed by atoms with Gasteiger partial charge in [-0.3, -0.25) is 0 Å². The van der Waals surface area contributed by atoms with E-state index < -0.39 is 11.6 Å². The number of fused-ring (bicyclic) bond motifs is 1. The number of hydrogen-bond donors (Lipinski definition) is 2. The molecule has 0 bridgehead atoms. The molecular weight excluding hydrogens is 396 g/mol. The number of hydrogen-bond acceptors (Lipinski definition) is 5. The van der Waals surface area contributed by atoms with E-state index in [4.69, 9.17) is 5.73 Å². The van der Waals surface area contributed by atoms with E-state index in [9.17, 15) is 8.78 Å². The van der Waals surface area contributed by atoms with Crippen molar-refractivity contribution in [3.8, 4) is 0 Å². The van der Waals surface area contributed by atoms with Crippen molar-refractivity contribution in [2.24, 2.45) is 0 Å². The summed E-state index contributed by atoms with van der Waals surface area (Å²) in [6, 6.07) is 17.7. The Morgan fingerprint density at radius 2 is 1.65 bits per heavy atom. The van der Waals surface area contributed by atoms with E-state index in [1.807, 2.05) is 49.3 Å². The van der Waals surface area contributed by atoms with Gasteiger partial charge in [0, 0.05) is 31.7 Å². The molecule has 0 unspecified atom stereocenters. The number of benzene rings is 3. The van der Waals surface area contributed by atoms with Gasteiger partial charge in [0.05, 0.1) is 5.52 Å². The molecule has 4 rings (SSSR count). The fraction of sp³-hybridized carbons (Fsp3) is 0.167. The van der Waals surface area contributed by atoms with Crippen LogP contribution in [-0.4, -0.2) is 24.1 Å². The summed E-state index contributed by atoms with van der Waals surface area (Å²) in [5, 5.41) is 3.93. The van der Waals surface area contributed by atoms with Gasteiger partial charge in [0.2, 0.25) is 5.95 Å². The average Bonchev–Trinajstić information content (AvgIpc) is 2.75. The molecule has 0 aliphatic rings. The summed E-state index contributed by atoms with van der Waals surface area (Å²) in [7, 11) is 4.00. The van der Waals surface area contributed by atoms with Crippen LogP contribution in [-0.2, 0) is 13.0 Å². The lowest BCUT2D eigenvalue weighted by molar-refractivity contribution is 0.507. The quantitative estimate of drug-likeness (QED) is 0.472. The molecule has 0 radical (unpaired) electrons. The number of rotatable bonds is 6. The van der Waals surface area contributed by atoms with Crippen molar-refractivity contribution < 1.29 is 8.78 Å². The smallest absolute Gasteiger partial charge is 0.225 e. The predicted octanol–water partition coefficient (Wildman–Crippen LogP) is 4.76. The number of nitrogens with two attached hydrogens (primary N) is 1. The zero-order chi connectivity index (χ0) is 22.0. The largest absolute Gasteiger partial charge is 0.383 e. The lowest BCUT2D eigenvalue weighted by Crippen LogP contribution is -2.09. The van der Waals surface area contributed by atoms with E-state index in [2.05, 4.69) is 27.4 Å². The maximum absolute atomic E-state index is 13.6. The van der Waals surface area contributed by atoms with Crippen LogP contribution in [0.4, 0.5) is 26.2 Å². The van der Waals surface area contributed by atoms with Crippen molar-refractivity contribution in [3.63, 3.8) is 0 Å². The highest BCUT2D eigenvalue weighted by molar-refractivity contribution is 5.92. The Bertz CT molecular complexity index is 1220. The zero-order valence-electron chi connectivity index (χ0n) is 17.4. The van der Waals surface area contributed by atoms with Crippen LogP contribution < -0.4 is 16.0 Å². The fourth-order valence-corrected chi connectivity index (χ4v) is 3.47. The summed E-state index contributed by atoms with van der Waals surface area (Å²) in [4.78, 5) is 11.0. The molecule has 4 aromatic rings. The molecule has 1 heterocycles. The SMILES string of the molecule is CN(C)c1ccc(CNc2nc(N)c3c(Cc4ccc(F)c(F)c4)cccc3n2)cc1. The maximum atomic E-state index is 13.6. The predicted molar refractivity (Wildman–Crippen MR) is 121 cm³/mol. The molecule has 1 aromatic heterocycles. The van der Waals surface area contributed by atoms with Crippen LogP contribution in [0.15, 0.2) is 60.7 Å². The molecule has 0 aliphatic heterocycles. The highest BCUT2D eigenvalue weighted by atomic mass is 19.2. The number of nitrogens with zero attached hydrogens (tertiary/aromatic N) is 3. The van der Waals surface area contributed by atoms with Crippen molar-refractivity contribution in [2.75, 3.05) is 30.0 Å². The number of halogens is 2. The normalized spacial score (nSPS) is 11.0. The van der Waals surface area contributed by atoms with Crippen molar-refractivity contribution in [1.29, 1.82) is 0 Å². The van der Waals surface area contributed by atoms with Crippen molar-refractivity contribution in [2.45, 2.75) is 13.0 Å². The molecule has 0 aliphatic carbocycles. The Labute approximate surface area is 179 Å². The second kappa shape index (κ2) is 8.55. The third-order valence-electron chi connectivity index (χ3n) is 5.12. The molecule has 158 valence electrons. The van der Waals surface area contributed by atoms with Gasteiger partial charge in [-0.1, -0.05) is 30.3 Å². The summed E-state index contributed by atoms with van der Waals surface area (Å²) in [5.41, 5.74) is 10.7. The topological polar surface area (TPSA) is 67.1 Å². The number of nitrogen functional groups attached to an aromatic ring is 1. The third kappa shape index (κ3) is 4.55. The Morgan fingerprint density at radius 3 is 2.35 bits per heavy atom. The molecule has 31 heavy (non-hydrogen) atoms. The summed E-state index contributed by atoms with van der Waals surface area (Å²) in [6.45, 7) is 0.563. The van der Waals surface area contributed by atoms with E-state index in [0.29, 0.717) is 41.2 Å². The highest BCUT2D eigenvalue weighted by Crippen LogP contribution is 2.26. The highest BCUT2D eigenvalue weighted by Gasteiger charge is 2.11. The second-order valence-corrected chi connectivity index (χ2v) is 7.58. The number of anilines is 3. The molecule has 0 fully saturated rings. The molecule has 0 spiro atoms. The lowest BCUT2D eigenvalue weighted by Gasteiger charge is -2.13. The first-order valence-electron chi connectivity index (χ1n) is 9.90. The van der Waals surface area contributed by atoms with E-state index in [-0.39, 0.29) is 0 Å². The molecule has 0 atom stereocenters. The Morgan fingerprint density at radius 1 is 0.903 bits per heavy atom. The van der Waals surface area contributed by atoms with E-state index in [1.54, 1.807) is 6.07 Å². The van der Waals surface area contributed by atoms with Gasteiger partial charge < -0.3 is 16.0 Å². The average molecular weight is 419 g/mol. The van der Waals surface area contributed by atoms with E-state index >= 15 is 0 Å². The minimum Gasteiger partial charge on any atom is -0.383 e. The minimum atomic E-state index is -0.868. The lowest BCUT2D eigenvalue weighted by atomic mass is 10.0. The van der Waals surface area contributed by atoms with Gasteiger partial charge in [0.1, 0.15) is 5.82 Å². The Hall–Kier alpha value is -3.74. The first kappa shape index (κ1) is 20.5. The molecule has 0 amide bonds. The van der Waals surface area contributed by atoms with E-state index in [1.165, 1.54) is 6.07 Å². The van der Waals surface area contributed by atoms with Crippen molar-refractivity contribution in [1.82, 2.24) is 9.97 Å². The van der Waals surface area contributed by atoms with Crippen LogP contribution in [0.3, 0.4) is 0 Å². The molecule has 3 aromatic carbocycles. The monoisotopic (exact) mass is 419 g/mol. The zero-order valence-corrected chi connectivity index (χ0v) is 17.4. The van der Waals surface area contributed by atoms with E-state index in [0.717, 1.165) is 22.9 Å². The van der Waals surface area contributed by atoms with Crippen LogP contribution in [0.2, 0.25) is 0 Å². The van der Waals surface area contributed by atoms with Gasteiger partial charge in [0.15, 0.2) is 11.6 Å². The summed E-state index contributed by atoms with van der Waals surface area (Å²) in [6.07, 6.45) is 0.396. The van der Waals surface area contributed by atoms with Gasteiger partial charge in [-0.25, -0.2) is 13.8 Å². The summed E-state index contributed by atoms with van der Waals surface area (Å²) in [5.74, 6) is -0.955. The molecule has 3 N–H and O–H groups in total. The Kier molecular flexibility index (Phi) is 5.66. The number of aromatic nitrogens is 2. The maximum Gasteiger partial charge on any atom is 0.225 e. The van der Waals surface area contributed by atoms with Crippen molar-refractivity contribution in [3.05, 3.63) is 89.0 Å². The molecule has 5 nitrogen and oxygen atoms in total. The second-order valence-electron chi connectivity index (χ2n) is 7.58. The van der Waals surface area contributed by atoms with Gasteiger partial charge >= 0.3 is 0 Å². The fourth-order valence-electron chi connectivity index (χ4n) is 3.47. The summed E-state index contributed by atoms with van der Waals surface area (Å²) >= 11 is 0. The van der Waals surface area contributed by atoms with Crippen molar-refractivity contribution >= 4 is 28.4 Å². The molecular formula is C24H23F2N5. The molecule has 7 heteroatoms. The van der Waals surface area contributed by atoms with Gasteiger partial charge in [-0.05, 0) is 53.4 Å². The van der Waals surface area contributed by atoms with Gasteiger partial charge in [-0.2, -0.15) is 4.98 Å². The third-order valence-corrected chi connectivity index (χ3v) is 5.12. The minimum absolute atomic E-state index is 0.341. The molecule has 0 saturated carbocycles. The molecule has 0 saturated heterocycles. The summed E-state index contributed by atoms with van der Waals surface area (Å²) < 4.78 is 26.8. The first-order valence-corrected chi connectivity index (χ1v) is 9.90. The van der Waals surface area contributed by atoms with Gasteiger partial charge in [-0.15, -0.1) is 0 Å². The Balaban J connectivity index is 1.56. The van der Waals surface area contributed by atoms with Crippen LogP contribution in [0.5, 0.6) is 0 Å². The standard InChI is InChI=1S/C24H23F2N5/c1-31(2)18-9-6-15(7-10-18)14-28-24-29-21-5-3-4-17(22(21)23(27)30-24)12-16-8-11-19(25)20(26)13-16/h3-11,13H,12,14H2,1-2H3,(H3,27,28,29,30). The van der Waals surface area contributed by atoms with Crippen LogP contribution in [0.1, 0.15) is 16.7 Å². The van der Waals surface area contributed by atoms with Crippen LogP contribution in [0.25, 0.3) is 10.9 Å². The number of nitrogens with one attached hydrogen (secondary N) is 1. The first-order chi connectivity index (χ1) is 14.9. The van der Waals surface area contributed by atoms with Crippen LogP contribution in [0, 0.1) is 11.6 Å². The van der Waals surface area contributed by atoms with Crippen LogP contribution >= 0.6 is 0 Å².